The lowest BCUT2D eigenvalue weighted by Crippen LogP contribution is -2.18. The summed E-state index contributed by atoms with van der Waals surface area (Å²) in [5.41, 5.74) is 2.15. The highest BCUT2D eigenvalue weighted by molar-refractivity contribution is 5.39. The summed E-state index contributed by atoms with van der Waals surface area (Å²) in [6.45, 7) is 0. The quantitative estimate of drug-likeness (QED) is 0.894. The number of hydrogen-bond acceptors (Lipinski definition) is 4. The van der Waals surface area contributed by atoms with Crippen LogP contribution in [0.5, 0.6) is 11.6 Å². The van der Waals surface area contributed by atoms with E-state index in [1.54, 1.807) is 20.4 Å². The molecule has 1 aromatic heterocycles. The lowest BCUT2D eigenvalue weighted by molar-refractivity contribution is 0.388. The molecule has 0 aliphatic heterocycles. The van der Waals surface area contributed by atoms with Crippen LogP contribution in [0.4, 0.5) is 0 Å². The van der Waals surface area contributed by atoms with Gasteiger partial charge in [0.1, 0.15) is 5.75 Å². The predicted octanol–water partition coefficient (Wildman–Crippen LogP) is 2.41. The Hall–Kier alpha value is -2.07. The second kappa shape index (κ2) is 6.20. The van der Waals surface area contributed by atoms with Crippen molar-refractivity contribution in [2.24, 2.45) is 0 Å². The van der Waals surface area contributed by atoms with Gasteiger partial charge in [-0.1, -0.05) is 18.2 Å². The number of rotatable bonds is 5. The first-order valence-electron chi connectivity index (χ1n) is 6.10. The standard InChI is InChI=1S/C15H18N2O2/c1-16-14(11-6-8-12(18-2)9-7-11)13-5-4-10-17-15(13)19-3/h4-10,14,16H,1-3H3. The van der Waals surface area contributed by atoms with Crippen LogP contribution in [-0.4, -0.2) is 26.3 Å². The Bertz CT molecular complexity index is 526. The fraction of sp³-hybridized carbons (Fsp3) is 0.267. The van der Waals surface area contributed by atoms with Crippen LogP contribution in [0, 0.1) is 0 Å². The van der Waals surface area contributed by atoms with Gasteiger partial charge in [0.05, 0.1) is 20.3 Å². The highest BCUT2D eigenvalue weighted by Gasteiger charge is 2.16. The molecule has 1 unspecified atom stereocenters. The van der Waals surface area contributed by atoms with Crippen molar-refractivity contribution in [3.8, 4) is 11.6 Å². The Balaban J connectivity index is 2.37. The van der Waals surface area contributed by atoms with Gasteiger partial charge in [-0.2, -0.15) is 0 Å². The molecule has 1 heterocycles. The first kappa shape index (κ1) is 13.4. The summed E-state index contributed by atoms with van der Waals surface area (Å²) in [6.07, 6.45) is 1.73. The lowest BCUT2D eigenvalue weighted by atomic mass is 10.00. The molecule has 0 aliphatic rings. The van der Waals surface area contributed by atoms with E-state index in [4.69, 9.17) is 9.47 Å². The molecule has 0 saturated carbocycles. The zero-order chi connectivity index (χ0) is 13.7. The minimum Gasteiger partial charge on any atom is -0.497 e. The largest absolute Gasteiger partial charge is 0.497 e. The van der Waals surface area contributed by atoms with Crippen molar-refractivity contribution in [1.82, 2.24) is 10.3 Å². The van der Waals surface area contributed by atoms with Gasteiger partial charge in [-0.05, 0) is 30.8 Å². The van der Waals surface area contributed by atoms with Gasteiger partial charge in [-0.15, -0.1) is 0 Å². The van der Waals surface area contributed by atoms with Gasteiger partial charge in [0.15, 0.2) is 0 Å². The molecule has 0 bridgehead atoms. The van der Waals surface area contributed by atoms with Crippen molar-refractivity contribution in [3.05, 3.63) is 53.7 Å². The van der Waals surface area contributed by atoms with Crippen LogP contribution in [0.1, 0.15) is 17.2 Å². The Kier molecular flexibility index (Phi) is 4.36. The molecule has 0 spiro atoms. The zero-order valence-corrected chi connectivity index (χ0v) is 11.4. The van der Waals surface area contributed by atoms with Gasteiger partial charge in [0.25, 0.3) is 0 Å². The van der Waals surface area contributed by atoms with Crippen molar-refractivity contribution in [1.29, 1.82) is 0 Å². The van der Waals surface area contributed by atoms with Crippen molar-refractivity contribution in [2.75, 3.05) is 21.3 Å². The van der Waals surface area contributed by atoms with E-state index in [9.17, 15) is 0 Å². The first-order chi connectivity index (χ1) is 9.30. The van der Waals surface area contributed by atoms with Gasteiger partial charge in [0.2, 0.25) is 5.88 Å². The van der Waals surface area contributed by atoms with Gasteiger partial charge >= 0.3 is 0 Å². The molecule has 0 amide bonds. The molecule has 0 fully saturated rings. The zero-order valence-electron chi connectivity index (χ0n) is 11.4. The molecule has 1 aromatic carbocycles. The molecule has 4 nitrogen and oxygen atoms in total. The third-order valence-corrected chi connectivity index (χ3v) is 3.04. The molecule has 1 N–H and O–H groups in total. The summed E-state index contributed by atoms with van der Waals surface area (Å²) in [5, 5.41) is 3.29. The van der Waals surface area contributed by atoms with Gasteiger partial charge < -0.3 is 14.8 Å². The second-order valence-electron chi connectivity index (χ2n) is 4.10. The van der Waals surface area contributed by atoms with E-state index in [0.717, 1.165) is 16.9 Å². The fourth-order valence-corrected chi connectivity index (χ4v) is 2.09. The minimum atomic E-state index is 0.0366. The number of nitrogens with zero attached hydrogens (tertiary/aromatic N) is 1. The average Bonchev–Trinajstić information content (AvgIpc) is 2.49. The normalized spacial score (nSPS) is 11.9. The molecular weight excluding hydrogens is 240 g/mol. The van der Waals surface area contributed by atoms with Crippen LogP contribution in [0.15, 0.2) is 42.6 Å². The van der Waals surface area contributed by atoms with E-state index in [-0.39, 0.29) is 6.04 Å². The maximum atomic E-state index is 5.32. The number of methoxy groups -OCH3 is 2. The molecule has 2 aromatic rings. The molecule has 0 saturated heterocycles. The van der Waals surface area contributed by atoms with Crippen molar-refractivity contribution < 1.29 is 9.47 Å². The van der Waals surface area contributed by atoms with E-state index >= 15 is 0 Å². The fourth-order valence-electron chi connectivity index (χ4n) is 2.09. The maximum absolute atomic E-state index is 5.32. The van der Waals surface area contributed by atoms with E-state index in [2.05, 4.69) is 10.3 Å². The molecule has 0 radical (unpaired) electrons. The topological polar surface area (TPSA) is 43.4 Å². The molecule has 0 aliphatic carbocycles. The number of benzene rings is 1. The Morgan fingerprint density at radius 2 is 1.79 bits per heavy atom. The molecule has 19 heavy (non-hydrogen) atoms. The summed E-state index contributed by atoms with van der Waals surface area (Å²) in [4.78, 5) is 4.24. The Morgan fingerprint density at radius 1 is 1.05 bits per heavy atom. The second-order valence-corrected chi connectivity index (χ2v) is 4.10. The average molecular weight is 258 g/mol. The number of ether oxygens (including phenoxy) is 2. The third kappa shape index (κ3) is 2.85. The van der Waals surface area contributed by atoms with Crippen molar-refractivity contribution in [2.45, 2.75) is 6.04 Å². The molecule has 1 atom stereocenters. The van der Waals surface area contributed by atoms with Crippen molar-refractivity contribution >= 4 is 0 Å². The Morgan fingerprint density at radius 3 is 2.37 bits per heavy atom. The van der Waals surface area contributed by atoms with E-state index in [1.807, 2.05) is 43.4 Å². The monoisotopic (exact) mass is 258 g/mol. The Labute approximate surface area is 113 Å². The number of pyridine rings is 1. The van der Waals surface area contributed by atoms with Crippen molar-refractivity contribution in [3.63, 3.8) is 0 Å². The highest BCUT2D eigenvalue weighted by Crippen LogP contribution is 2.28. The van der Waals surface area contributed by atoms with Crippen LogP contribution < -0.4 is 14.8 Å². The molecule has 2 rings (SSSR count). The van der Waals surface area contributed by atoms with E-state index in [0.29, 0.717) is 5.88 Å². The maximum Gasteiger partial charge on any atom is 0.218 e. The number of nitrogens with one attached hydrogen (secondary N) is 1. The lowest BCUT2D eigenvalue weighted by Gasteiger charge is -2.19. The molecule has 100 valence electrons. The molecule has 4 heteroatoms. The number of aromatic nitrogens is 1. The smallest absolute Gasteiger partial charge is 0.218 e. The SMILES string of the molecule is CNC(c1ccc(OC)cc1)c1cccnc1OC. The summed E-state index contributed by atoms with van der Waals surface area (Å²) < 4.78 is 10.5. The van der Waals surface area contributed by atoms with Crippen LogP contribution in [0.25, 0.3) is 0 Å². The summed E-state index contributed by atoms with van der Waals surface area (Å²) in [7, 11) is 5.21. The summed E-state index contributed by atoms with van der Waals surface area (Å²) >= 11 is 0. The highest BCUT2D eigenvalue weighted by atomic mass is 16.5. The van der Waals surface area contributed by atoms with Crippen LogP contribution in [0.2, 0.25) is 0 Å². The van der Waals surface area contributed by atoms with Gasteiger partial charge in [-0.3, -0.25) is 0 Å². The van der Waals surface area contributed by atoms with Crippen LogP contribution in [0.3, 0.4) is 0 Å². The van der Waals surface area contributed by atoms with Crippen LogP contribution >= 0.6 is 0 Å². The predicted molar refractivity (Wildman–Crippen MR) is 74.7 cm³/mol. The van der Waals surface area contributed by atoms with E-state index in [1.165, 1.54) is 0 Å². The summed E-state index contributed by atoms with van der Waals surface area (Å²) in [5.74, 6) is 1.48. The van der Waals surface area contributed by atoms with Gasteiger partial charge in [-0.25, -0.2) is 4.98 Å². The van der Waals surface area contributed by atoms with Crippen LogP contribution in [-0.2, 0) is 0 Å². The third-order valence-electron chi connectivity index (χ3n) is 3.04. The minimum absolute atomic E-state index is 0.0366. The summed E-state index contributed by atoms with van der Waals surface area (Å²) in [6, 6.07) is 11.9. The van der Waals surface area contributed by atoms with E-state index < -0.39 is 0 Å². The first-order valence-corrected chi connectivity index (χ1v) is 6.10. The molecular formula is C15H18N2O2. The number of hydrogen-bond donors (Lipinski definition) is 1. The van der Waals surface area contributed by atoms with Gasteiger partial charge in [0, 0.05) is 11.8 Å².